The molecule has 34 heavy (non-hydrogen) atoms. The average molecular weight is 458 g/mol. The number of methoxy groups -OCH3 is 1. The van der Waals surface area contributed by atoms with Crippen LogP contribution in [0.2, 0.25) is 0 Å². The summed E-state index contributed by atoms with van der Waals surface area (Å²) in [5, 5.41) is 6.84. The number of hydrogen-bond donors (Lipinski definition) is 3. The molecule has 6 rings (SSSR count). The van der Waals surface area contributed by atoms with E-state index in [1.54, 1.807) is 13.3 Å². The molecular formula is C25H27N7O2. The van der Waals surface area contributed by atoms with Crippen LogP contribution in [0.5, 0.6) is 11.5 Å². The van der Waals surface area contributed by atoms with Gasteiger partial charge in [-0.25, -0.2) is 9.97 Å². The molecule has 2 aromatic heterocycles. The van der Waals surface area contributed by atoms with Gasteiger partial charge in [0.25, 0.3) is 0 Å². The number of rotatable bonds is 5. The van der Waals surface area contributed by atoms with Crippen molar-refractivity contribution < 1.29 is 9.47 Å². The molecule has 0 aliphatic carbocycles. The molecule has 4 heterocycles. The van der Waals surface area contributed by atoms with Crippen LogP contribution in [-0.4, -0.2) is 53.8 Å². The van der Waals surface area contributed by atoms with Crippen LogP contribution in [0.1, 0.15) is 6.42 Å². The molecule has 4 N–H and O–H groups in total. The number of hydrogen-bond acceptors (Lipinski definition) is 8. The molecule has 0 bridgehead atoms. The van der Waals surface area contributed by atoms with Crippen LogP contribution in [0.4, 0.5) is 22.9 Å². The van der Waals surface area contributed by atoms with Crippen LogP contribution in [0.3, 0.4) is 0 Å². The second-order valence-corrected chi connectivity index (χ2v) is 8.63. The van der Waals surface area contributed by atoms with Crippen LogP contribution < -0.4 is 30.7 Å². The summed E-state index contributed by atoms with van der Waals surface area (Å²) in [6, 6.07) is 12.4. The maximum Gasteiger partial charge on any atom is 0.180 e. The van der Waals surface area contributed by atoms with Crippen molar-refractivity contribution in [3.63, 3.8) is 0 Å². The number of nitrogens with two attached hydrogens (primary N) is 1. The van der Waals surface area contributed by atoms with E-state index < -0.39 is 0 Å². The molecule has 0 saturated carbocycles. The zero-order valence-electron chi connectivity index (χ0n) is 19.0. The molecule has 1 atom stereocenters. The quantitative estimate of drug-likeness (QED) is 0.419. The van der Waals surface area contributed by atoms with Crippen molar-refractivity contribution in [3.05, 3.63) is 55.0 Å². The molecular weight excluding hydrogens is 430 g/mol. The first-order valence-electron chi connectivity index (χ1n) is 11.5. The van der Waals surface area contributed by atoms with Gasteiger partial charge in [-0.3, -0.25) is 0 Å². The molecule has 1 saturated heterocycles. The third kappa shape index (κ3) is 3.73. The lowest BCUT2D eigenvalue weighted by Crippen LogP contribution is -2.26. The predicted octanol–water partition coefficient (Wildman–Crippen LogP) is 3.49. The summed E-state index contributed by atoms with van der Waals surface area (Å²) >= 11 is 0. The second-order valence-electron chi connectivity index (χ2n) is 8.63. The molecule has 2 aliphatic heterocycles. The minimum absolute atomic E-state index is 0.202. The van der Waals surface area contributed by atoms with Gasteiger partial charge >= 0.3 is 0 Å². The average Bonchev–Trinajstić information content (AvgIpc) is 3.52. The van der Waals surface area contributed by atoms with Gasteiger partial charge in [0.2, 0.25) is 0 Å². The fraction of sp³-hybridized carbons (Fsp3) is 0.280. The summed E-state index contributed by atoms with van der Waals surface area (Å²) in [5.74, 6) is 2.33. The number of aromatic nitrogens is 3. The minimum atomic E-state index is 0.202. The maximum atomic E-state index is 6.11. The number of nitrogens with one attached hydrogen (secondary N) is 2. The first-order chi connectivity index (χ1) is 16.7. The largest absolute Gasteiger partial charge is 0.495 e. The molecule has 0 radical (unpaired) electrons. The predicted molar refractivity (Wildman–Crippen MR) is 133 cm³/mol. The van der Waals surface area contributed by atoms with Crippen LogP contribution in [0.25, 0.3) is 16.9 Å². The third-order valence-electron chi connectivity index (χ3n) is 6.33. The summed E-state index contributed by atoms with van der Waals surface area (Å²) < 4.78 is 13.4. The van der Waals surface area contributed by atoms with E-state index in [2.05, 4.69) is 32.7 Å². The van der Waals surface area contributed by atoms with E-state index in [9.17, 15) is 0 Å². The van der Waals surface area contributed by atoms with Crippen molar-refractivity contribution in [1.82, 2.24) is 14.4 Å². The highest BCUT2D eigenvalue weighted by molar-refractivity contribution is 5.77. The Morgan fingerprint density at radius 1 is 1.24 bits per heavy atom. The zero-order chi connectivity index (χ0) is 23.1. The molecule has 1 fully saturated rings. The Morgan fingerprint density at radius 2 is 2.18 bits per heavy atom. The Balaban J connectivity index is 1.35. The van der Waals surface area contributed by atoms with E-state index in [0.29, 0.717) is 12.4 Å². The number of imidazole rings is 1. The molecule has 4 aromatic rings. The number of anilines is 4. The van der Waals surface area contributed by atoms with Crippen LogP contribution in [-0.2, 0) is 0 Å². The van der Waals surface area contributed by atoms with Gasteiger partial charge in [-0.15, -0.1) is 0 Å². The number of nitrogens with zero attached hydrogens (tertiary/aromatic N) is 4. The SMILES string of the molecule is COc1cc(Nc2nc(-c3ccc4c(c3)NCCO4)cn3ccnc23)ccc1N1CCC(N)C1. The van der Waals surface area contributed by atoms with Crippen molar-refractivity contribution in [1.29, 1.82) is 0 Å². The highest BCUT2D eigenvalue weighted by Gasteiger charge is 2.22. The van der Waals surface area contributed by atoms with Crippen molar-refractivity contribution in [2.45, 2.75) is 12.5 Å². The Morgan fingerprint density at radius 3 is 3.03 bits per heavy atom. The lowest BCUT2D eigenvalue weighted by atomic mass is 10.1. The molecule has 2 aromatic carbocycles. The number of ether oxygens (including phenoxy) is 2. The lowest BCUT2D eigenvalue weighted by molar-refractivity contribution is 0.323. The van der Waals surface area contributed by atoms with E-state index in [4.69, 9.17) is 20.2 Å². The summed E-state index contributed by atoms with van der Waals surface area (Å²) in [5.41, 5.74) is 11.6. The van der Waals surface area contributed by atoms with Gasteiger partial charge in [0.1, 0.15) is 18.1 Å². The first kappa shape index (κ1) is 20.6. The molecule has 1 unspecified atom stereocenters. The topological polar surface area (TPSA) is 102 Å². The fourth-order valence-corrected chi connectivity index (χ4v) is 4.61. The maximum absolute atomic E-state index is 6.11. The van der Waals surface area contributed by atoms with E-state index in [-0.39, 0.29) is 6.04 Å². The van der Waals surface area contributed by atoms with Gasteiger partial charge in [-0.1, -0.05) is 0 Å². The van der Waals surface area contributed by atoms with E-state index in [0.717, 1.165) is 71.5 Å². The summed E-state index contributed by atoms with van der Waals surface area (Å²) in [7, 11) is 1.69. The normalized spacial score (nSPS) is 17.2. The van der Waals surface area contributed by atoms with E-state index >= 15 is 0 Å². The monoisotopic (exact) mass is 457 g/mol. The van der Waals surface area contributed by atoms with Crippen LogP contribution >= 0.6 is 0 Å². The molecule has 174 valence electrons. The van der Waals surface area contributed by atoms with Gasteiger partial charge < -0.3 is 35.1 Å². The smallest absolute Gasteiger partial charge is 0.180 e. The summed E-state index contributed by atoms with van der Waals surface area (Å²) in [6.45, 7) is 3.23. The van der Waals surface area contributed by atoms with Gasteiger partial charge in [-0.2, -0.15) is 0 Å². The highest BCUT2D eigenvalue weighted by atomic mass is 16.5. The summed E-state index contributed by atoms with van der Waals surface area (Å²) in [4.78, 5) is 11.7. The van der Waals surface area contributed by atoms with Gasteiger partial charge in [0, 0.05) is 61.6 Å². The van der Waals surface area contributed by atoms with E-state index in [1.165, 1.54) is 0 Å². The molecule has 0 spiro atoms. The van der Waals surface area contributed by atoms with Crippen LogP contribution in [0.15, 0.2) is 55.0 Å². The van der Waals surface area contributed by atoms with Gasteiger partial charge in [0.15, 0.2) is 11.5 Å². The minimum Gasteiger partial charge on any atom is -0.495 e. The highest BCUT2D eigenvalue weighted by Crippen LogP contribution is 2.36. The molecule has 0 amide bonds. The number of benzene rings is 2. The van der Waals surface area contributed by atoms with Crippen molar-refractivity contribution in [2.24, 2.45) is 5.73 Å². The Hall–Kier alpha value is -3.98. The molecule has 2 aliphatic rings. The Kier molecular flexibility index (Phi) is 5.10. The Bertz CT molecular complexity index is 1350. The zero-order valence-corrected chi connectivity index (χ0v) is 19.0. The lowest BCUT2D eigenvalue weighted by Gasteiger charge is -2.22. The Labute approximate surface area is 197 Å². The summed E-state index contributed by atoms with van der Waals surface area (Å²) in [6.07, 6.45) is 6.67. The van der Waals surface area contributed by atoms with Crippen LogP contribution in [0, 0.1) is 0 Å². The van der Waals surface area contributed by atoms with Gasteiger partial charge in [0.05, 0.1) is 24.2 Å². The van der Waals surface area contributed by atoms with E-state index in [1.807, 2.05) is 41.1 Å². The third-order valence-corrected chi connectivity index (χ3v) is 6.33. The van der Waals surface area contributed by atoms with Crippen molar-refractivity contribution in [2.75, 3.05) is 48.9 Å². The standard InChI is InChI=1S/C25H27N7O2/c1-33-23-13-18(3-4-21(23)31-9-6-17(26)14-31)29-24-25-28-7-10-32(25)15-20(30-24)16-2-5-22-19(12-16)27-8-11-34-22/h2-5,7,10,12-13,15,17,27H,6,8-9,11,14,26H2,1H3,(H,29,30). The van der Waals surface area contributed by atoms with Crippen molar-refractivity contribution >= 4 is 28.5 Å². The number of fused-ring (bicyclic) bond motifs is 2. The van der Waals surface area contributed by atoms with Crippen molar-refractivity contribution in [3.8, 4) is 22.8 Å². The fourth-order valence-electron chi connectivity index (χ4n) is 4.61. The molecule has 9 heteroatoms. The molecule has 9 nitrogen and oxygen atoms in total. The van der Waals surface area contributed by atoms with Gasteiger partial charge in [-0.05, 0) is 36.8 Å². The second kappa shape index (κ2) is 8.42. The first-order valence-corrected chi connectivity index (χ1v) is 11.5.